The van der Waals surface area contributed by atoms with E-state index in [9.17, 15) is 4.79 Å². The van der Waals surface area contributed by atoms with E-state index in [0.29, 0.717) is 11.6 Å². The van der Waals surface area contributed by atoms with Gasteiger partial charge in [0.1, 0.15) is 10.8 Å². The van der Waals surface area contributed by atoms with Gasteiger partial charge in [-0.15, -0.1) is 11.8 Å². The molecule has 116 valence electrons. The molecule has 0 spiro atoms. The number of pyridine rings is 1. The maximum Gasteiger partial charge on any atom is 0.259 e. The molecule has 0 bridgehead atoms. The number of aromatic nitrogens is 3. The van der Waals surface area contributed by atoms with Crippen molar-refractivity contribution in [1.29, 1.82) is 0 Å². The Hall–Kier alpha value is -1.82. The van der Waals surface area contributed by atoms with Crippen molar-refractivity contribution in [2.24, 2.45) is 0 Å². The molecule has 1 aliphatic rings. The fraction of sp³-hybridized carbons (Fsp3) is 0.438. The number of hydrogen-bond acceptors (Lipinski definition) is 4. The van der Waals surface area contributed by atoms with Crippen LogP contribution in [0.25, 0.3) is 0 Å². The van der Waals surface area contributed by atoms with Gasteiger partial charge in [-0.2, -0.15) is 5.10 Å². The molecule has 0 unspecified atom stereocenters. The zero-order chi connectivity index (χ0) is 15.4. The Morgan fingerprint density at radius 1 is 1.27 bits per heavy atom. The highest BCUT2D eigenvalue weighted by atomic mass is 32.2. The van der Waals surface area contributed by atoms with Gasteiger partial charge in [-0.05, 0) is 31.2 Å². The number of anilines is 1. The Morgan fingerprint density at radius 2 is 2.09 bits per heavy atom. The SMILES string of the molecule is CSc1ncccc1C(=O)Nc1ccnn1C1CCCCC1. The molecule has 0 saturated heterocycles. The standard InChI is InChI=1S/C16H20N4OS/c1-22-16-13(8-5-10-17-16)15(21)19-14-9-11-18-20(14)12-6-3-2-4-7-12/h5,8-12H,2-4,6-7H2,1H3,(H,19,21). The van der Waals surface area contributed by atoms with Crippen molar-refractivity contribution in [3.8, 4) is 0 Å². The Kier molecular flexibility index (Phi) is 4.77. The molecule has 2 aromatic rings. The number of nitrogens with one attached hydrogen (secondary N) is 1. The second kappa shape index (κ2) is 6.96. The van der Waals surface area contributed by atoms with Crippen molar-refractivity contribution in [2.45, 2.75) is 43.2 Å². The van der Waals surface area contributed by atoms with Gasteiger partial charge in [-0.3, -0.25) is 4.79 Å². The van der Waals surface area contributed by atoms with Gasteiger partial charge >= 0.3 is 0 Å². The summed E-state index contributed by atoms with van der Waals surface area (Å²) in [6, 6.07) is 5.84. The van der Waals surface area contributed by atoms with Gasteiger partial charge in [0, 0.05) is 12.3 Å². The predicted octanol–water partition coefficient (Wildman–Crippen LogP) is 3.76. The van der Waals surface area contributed by atoms with Gasteiger partial charge in [0.05, 0.1) is 17.8 Å². The molecular weight excluding hydrogens is 296 g/mol. The minimum Gasteiger partial charge on any atom is -0.307 e. The van der Waals surface area contributed by atoms with E-state index in [0.717, 1.165) is 23.7 Å². The van der Waals surface area contributed by atoms with Crippen LogP contribution in [0.4, 0.5) is 5.82 Å². The van der Waals surface area contributed by atoms with E-state index < -0.39 is 0 Å². The predicted molar refractivity (Wildman–Crippen MR) is 88.3 cm³/mol. The molecule has 1 fully saturated rings. The Labute approximate surface area is 134 Å². The number of rotatable bonds is 4. The highest BCUT2D eigenvalue weighted by molar-refractivity contribution is 7.98. The lowest BCUT2D eigenvalue weighted by atomic mass is 9.96. The second-order valence-electron chi connectivity index (χ2n) is 5.47. The van der Waals surface area contributed by atoms with E-state index in [1.165, 1.54) is 31.0 Å². The van der Waals surface area contributed by atoms with Crippen molar-refractivity contribution in [3.05, 3.63) is 36.2 Å². The highest BCUT2D eigenvalue weighted by Crippen LogP contribution is 2.30. The first-order valence-electron chi connectivity index (χ1n) is 7.63. The van der Waals surface area contributed by atoms with Crippen LogP contribution < -0.4 is 5.32 Å². The molecule has 0 aliphatic heterocycles. The summed E-state index contributed by atoms with van der Waals surface area (Å²) >= 11 is 1.47. The average molecular weight is 316 g/mol. The molecule has 3 rings (SSSR count). The summed E-state index contributed by atoms with van der Waals surface area (Å²) in [6.45, 7) is 0. The molecular formula is C16H20N4OS. The number of carbonyl (C=O) groups is 1. The van der Waals surface area contributed by atoms with Crippen LogP contribution in [0.3, 0.4) is 0 Å². The normalized spacial score (nSPS) is 15.7. The van der Waals surface area contributed by atoms with E-state index in [-0.39, 0.29) is 5.91 Å². The number of nitrogens with zero attached hydrogens (tertiary/aromatic N) is 3. The molecule has 0 atom stereocenters. The third-order valence-electron chi connectivity index (χ3n) is 4.04. The van der Waals surface area contributed by atoms with E-state index in [1.807, 2.05) is 17.0 Å². The molecule has 0 aromatic carbocycles. The monoisotopic (exact) mass is 316 g/mol. The summed E-state index contributed by atoms with van der Waals surface area (Å²) in [4.78, 5) is 16.8. The molecule has 5 nitrogen and oxygen atoms in total. The lowest BCUT2D eigenvalue weighted by Crippen LogP contribution is -2.20. The third-order valence-corrected chi connectivity index (χ3v) is 4.75. The number of amides is 1. The number of thioether (sulfide) groups is 1. The van der Waals surface area contributed by atoms with Crippen molar-refractivity contribution in [2.75, 3.05) is 11.6 Å². The average Bonchev–Trinajstić information content (AvgIpc) is 3.03. The van der Waals surface area contributed by atoms with Crippen LogP contribution in [-0.4, -0.2) is 26.9 Å². The molecule has 22 heavy (non-hydrogen) atoms. The Morgan fingerprint density at radius 3 is 2.86 bits per heavy atom. The van der Waals surface area contributed by atoms with Gasteiger partial charge in [-0.25, -0.2) is 9.67 Å². The lowest BCUT2D eigenvalue weighted by molar-refractivity contribution is 0.102. The summed E-state index contributed by atoms with van der Waals surface area (Å²) in [5.74, 6) is 0.641. The van der Waals surface area contributed by atoms with E-state index in [1.54, 1.807) is 24.5 Å². The largest absolute Gasteiger partial charge is 0.307 e. The number of hydrogen-bond donors (Lipinski definition) is 1. The molecule has 0 radical (unpaired) electrons. The van der Waals surface area contributed by atoms with Crippen LogP contribution in [0.1, 0.15) is 48.5 Å². The number of carbonyl (C=O) groups excluding carboxylic acids is 1. The fourth-order valence-electron chi connectivity index (χ4n) is 2.94. The summed E-state index contributed by atoms with van der Waals surface area (Å²) in [5.41, 5.74) is 0.603. The van der Waals surface area contributed by atoms with Crippen molar-refractivity contribution < 1.29 is 4.79 Å². The quantitative estimate of drug-likeness (QED) is 0.873. The lowest BCUT2D eigenvalue weighted by Gasteiger charge is -2.24. The maximum absolute atomic E-state index is 12.5. The first kappa shape index (κ1) is 15.1. The third kappa shape index (κ3) is 3.16. The molecule has 2 aromatic heterocycles. The first-order valence-corrected chi connectivity index (χ1v) is 8.86. The van der Waals surface area contributed by atoms with Crippen LogP contribution in [0.2, 0.25) is 0 Å². The Balaban J connectivity index is 1.78. The maximum atomic E-state index is 12.5. The summed E-state index contributed by atoms with van der Waals surface area (Å²) in [7, 11) is 0. The summed E-state index contributed by atoms with van der Waals surface area (Å²) in [6.07, 6.45) is 11.4. The van der Waals surface area contributed by atoms with E-state index >= 15 is 0 Å². The molecule has 1 saturated carbocycles. The van der Waals surface area contributed by atoms with Gasteiger partial charge in [0.25, 0.3) is 5.91 Å². The molecule has 6 heteroatoms. The highest BCUT2D eigenvalue weighted by Gasteiger charge is 2.20. The summed E-state index contributed by atoms with van der Waals surface area (Å²) in [5, 5.41) is 8.14. The molecule has 1 N–H and O–H groups in total. The van der Waals surface area contributed by atoms with Crippen LogP contribution in [0, 0.1) is 0 Å². The van der Waals surface area contributed by atoms with Crippen molar-refractivity contribution >= 4 is 23.5 Å². The van der Waals surface area contributed by atoms with Crippen molar-refractivity contribution in [3.63, 3.8) is 0 Å². The van der Waals surface area contributed by atoms with E-state index in [2.05, 4.69) is 15.4 Å². The Bertz CT molecular complexity index is 649. The van der Waals surface area contributed by atoms with Crippen LogP contribution in [0.5, 0.6) is 0 Å². The van der Waals surface area contributed by atoms with Gasteiger partial charge in [0.15, 0.2) is 0 Å². The fourth-order valence-corrected chi connectivity index (χ4v) is 3.49. The first-order chi connectivity index (χ1) is 10.8. The van der Waals surface area contributed by atoms with Crippen LogP contribution >= 0.6 is 11.8 Å². The smallest absolute Gasteiger partial charge is 0.259 e. The van der Waals surface area contributed by atoms with Crippen LogP contribution in [-0.2, 0) is 0 Å². The minimum atomic E-state index is -0.130. The van der Waals surface area contributed by atoms with Gasteiger partial charge in [0.2, 0.25) is 0 Å². The molecule has 2 heterocycles. The van der Waals surface area contributed by atoms with Crippen molar-refractivity contribution in [1.82, 2.24) is 14.8 Å². The zero-order valence-electron chi connectivity index (χ0n) is 12.7. The van der Waals surface area contributed by atoms with Gasteiger partial charge < -0.3 is 5.32 Å². The zero-order valence-corrected chi connectivity index (χ0v) is 13.5. The van der Waals surface area contributed by atoms with E-state index in [4.69, 9.17) is 0 Å². The topological polar surface area (TPSA) is 59.8 Å². The molecule has 1 aliphatic carbocycles. The second-order valence-corrected chi connectivity index (χ2v) is 6.26. The van der Waals surface area contributed by atoms with Gasteiger partial charge in [-0.1, -0.05) is 19.3 Å². The minimum absolute atomic E-state index is 0.130. The summed E-state index contributed by atoms with van der Waals surface area (Å²) < 4.78 is 1.96. The molecule has 1 amide bonds. The van der Waals surface area contributed by atoms with Crippen LogP contribution in [0.15, 0.2) is 35.6 Å².